The Morgan fingerprint density at radius 1 is 1.12 bits per heavy atom. The SMILES string of the molecule is CN=C(NCCCCc1nc(C)cs1)NCCCn1nc(C)cc1C.I. The Kier molecular flexibility index (Phi) is 10.8. The van der Waals surface area contributed by atoms with Crippen LogP contribution in [0.15, 0.2) is 16.4 Å². The summed E-state index contributed by atoms with van der Waals surface area (Å²) in [5.41, 5.74) is 3.43. The van der Waals surface area contributed by atoms with Crippen LogP contribution < -0.4 is 10.6 Å². The molecule has 146 valence electrons. The number of guanidine groups is 1. The molecule has 0 atom stereocenters. The van der Waals surface area contributed by atoms with Gasteiger partial charge in [0.2, 0.25) is 0 Å². The lowest BCUT2D eigenvalue weighted by molar-refractivity contribution is 0.554. The van der Waals surface area contributed by atoms with E-state index in [4.69, 9.17) is 0 Å². The van der Waals surface area contributed by atoms with Gasteiger partial charge in [0.1, 0.15) is 0 Å². The molecule has 0 aliphatic carbocycles. The molecule has 2 aromatic heterocycles. The molecule has 2 aromatic rings. The molecule has 0 saturated heterocycles. The first-order valence-electron chi connectivity index (χ1n) is 8.95. The molecule has 0 aliphatic rings. The van der Waals surface area contributed by atoms with Crippen molar-refractivity contribution in [3.05, 3.63) is 33.5 Å². The normalized spacial score (nSPS) is 11.3. The maximum atomic E-state index is 4.50. The molecular formula is C18H31IN6S. The van der Waals surface area contributed by atoms with Crippen molar-refractivity contribution >= 4 is 41.3 Å². The van der Waals surface area contributed by atoms with Crippen molar-refractivity contribution in [3.63, 3.8) is 0 Å². The maximum Gasteiger partial charge on any atom is 0.190 e. The van der Waals surface area contributed by atoms with Gasteiger partial charge in [0.15, 0.2) is 5.96 Å². The Balaban J connectivity index is 0.00000338. The van der Waals surface area contributed by atoms with Gasteiger partial charge in [0.25, 0.3) is 0 Å². The summed E-state index contributed by atoms with van der Waals surface area (Å²) in [5.74, 6) is 0.874. The second-order valence-corrected chi connectivity index (χ2v) is 7.21. The number of hydrogen-bond acceptors (Lipinski definition) is 4. The summed E-state index contributed by atoms with van der Waals surface area (Å²) in [4.78, 5) is 8.77. The molecule has 0 saturated carbocycles. The van der Waals surface area contributed by atoms with E-state index in [9.17, 15) is 0 Å². The van der Waals surface area contributed by atoms with Gasteiger partial charge >= 0.3 is 0 Å². The maximum absolute atomic E-state index is 4.50. The molecule has 0 radical (unpaired) electrons. The lowest BCUT2D eigenvalue weighted by Gasteiger charge is -2.12. The standard InChI is InChI=1S/C18H30N6S.HI/c1-14-12-16(3)24(23-14)11-7-10-21-18(19-4)20-9-6-5-8-17-22-15(2)13-25-17;/h12-13H,5-11H2,1-4H3,(H2,19,20,21);1H. The average Bonchev–Trinajstić information content (AvgIpc) is 3.14. The number of thiazole rings is 1. The third kappa shape index (κ3) is 8.03. The predicted molar refractivity (Wildman–Crippen MR) is 121 cm³/mol. The van der Waals surface area contributed by atoms with Crippen molar-refractivity contribution in [2.75, 3.05) is 20.1 Å². The second kappa shape index (κ2) is 12.3. The highest BCUT2D eigenvalue weighted by atomic mass is 127. The largest absolute Gasteiger partial charge is 0.356 e. The third-order valence-electron chi connectivity index (χ3n) is 3.94. The molecule has 0 bridgehead atoms. The van der Waals surface area contributed by atoms with Gasteiger partial charge in [-0.2, -0.15) is 5.10 Å². The fraction of sp³-hybridized carbons (Fsp3) is 0.611. The van der Waals surface area contributed by atoms with Crippen molar-refractivity contribution in [3.8, 4) is 0 Å². The van der Waals surface area contributed by atoms with Crippen molar-refractivity contribution in [1.29, 1.82) is 0 Å². The van der Waals surface area contributed by atoms with Crippen LogP contribution in [0.25, 0.3) is 0 Å². The van der Waals surface area contributed by atoms with Gasteiger partial charge in [-0.1, -0.05) is 0 Å². The van der Waals surface area contributed by atoms with E-state index in [0.717, 1.165) is 62.7 Å². The van der Waals surface area contributed by atoms with Crippen molar-refractivity contribution in [2.24, 2.45) is 4.99 Å². The van der Waals surface area contributed by atoms with E-state index in [1.54, 1.807) is 11.3 Å². The quantitative estimate of drug-likeness (QED) is 0.245. The molecule has 2 heterocycles. The number of nitrogens with one attached hydrogen (secondary N) is 2. The lowest BCUT2D eigenvalue weighted by Crippen LogP contribution is -2.38. The first-order valence-corrected chi connectivity index (χ1v) is 9.83. The topological polar surface area (TPSA) is 67.1 Å². The molecule has 0 unspecified atom stereocenters. The highest BCUT2D eigenvalue weighted by Gasteiger charge is 2.02. The molecular weight excluding hydrogens is 459 g/mol. The van der Waals surface area contributed by atoms with Crippen molar-refractivity contribution < 1.29 is 0 Å². The minimum atomic E-state index is 0. The average molecular weight is 490 g/mol. The Bertz CT molecular complexity index is 679. The zero-order valence-corrected chi connectivity index (χ0v) is 19.4. The number of aliphatic imine (C=N–C) groups is 1. The molecule has 26 heavy (non-hydrogen) atoms. The Morgan fingerprint density at radius 3 is 2.42 bits per heavy atom. The molecule has 8 heteroatoms. The van der Waals surface area contributed by atoms with Crippen LogP contribution in [0.4, 0.5) is 0 Å². The van der Waals surface area contributed by atoms with Crippen LogP contribution in [0.5, 0.6) is 0 Å². The van der Waals surface area contributed by atoms with Gasteiger partial charge in [0, 0.05) is 43.4 Å². The molecule has 6 nitrogen and oxygen atoms in total. The zero-order chi connectivity index (χ0) is 18.1. The van der Waals surface area contributed by atoms with E-state index in [1.807, 2.05) is 20.9 Å². The van der Waals surface area contributed by atoms with Crippen molar-refractivity contribution in [2.45, 2.75) is 53.0 Å². The van der Waals surface area contributed by atoms with E-state index < -0.39 is 0 Å². The Morgan fingerprint density at radius 2 is 1.85 bits per heavy atom. The molecule has 2 rings (SSSR count). The molecule has 0 aliphatic heterocycles. The summed E-state index contributed by atoms with van der Waals surface area (Å²) in [7, 11) is 1.81. The molecule has 0 fully saturated rings. The van der Waals surface area contributed by atoms with Gasteiger partial charge < -0.3 is 10.6 Å². The number of aryl methyl sites for hydroxylation is 5. The van der Waals surface area contributed by atoms with E-state index in [0.29, 0.717) is 0 Å². The van der Waals surface area contributed by atoms with E-state index in [2.05, 4.69) is 48.8 Å². The highest BCUT2D eigenvalue weighted by Crippen LogP contribution is 2.11. The monoisotopic (exact) mass is 490 g/mol. The molecule has 0 aromatic carbocycles. The van der Waals surface area contributed by atoms with Crippen LogP contribution in [0.1, 0.15) is 41.4 Å². The lowest BCUT2D eigenvalue weighted by atomic mass is 10.2. The summed E-state index contributed by atoms with van der Waals surface area (Å²) in [6, 6.07) is 2.11. The van der Waals surface area contributed by atoms with Gasteiger partial charge in [-0.05, 0) is 52.5 Å². The minimum absolute atomic E-state index is 0. The number of nitrogens with zero attached hydrogens (tertiary/aromatic N) is 4. The van der Waals surface area contributed by atoms with Crippen molar-refractivity contribution in [1.82, 2.24) is 25.4 Å². The minimum Gasteiger partial charge on any atom is -0.356 e. The number of hydrogen-bond donors (Lipinski definition) is 2. The number of halogens is 1. The fourth-order valence-corrected chi connectivity index (χ4v) is 3.50. The van der Waals surface area contributed by atoms with E-state index in [1.165, 1.54) is 10.7 Å². The third-order valence-corrected chi connectivity index (χ3v) is 4.97. The number of unbranched alkanes of at least 4 members (excludes halogenated alkanes) is 1. The van der Waals surface area contributed by atoms with Gasteiger partial charge in [-0.25, -0.2) is 4.98 Å². The van der Waals surface area contributed by atoms with Crippen LogP contribution in [-0.2, 0) is 13.0 Å². The summed E-state index contributed by atoms with van der Waals surface area (Å²) >= 11 is 1.76. The molecule has 2 N–H and O–H groups in total. The predicted octanol–water partition coefficient (Wildman–Crippen LogP) is 3.46. The Hall–Kier alpha value is -1.16. The van der Waals surface area contributed by atoms with E-state index >= 15 is 0 Å². The molecule has 0 amide bonds. The Labute approximate surface area is 177 Å². The zero-order valence-electron chi connectivity index (χ0n) is 16.2. The number of rotatable bonds is 9. The first-order chi connectivity index (χ1) is 12.1. The van der Waals surface area contributed by atoms with Gasteiger partial charge in [-0.15, -0.1) is 35.3 Å². The summed E-state index contributed by atoms with van der Waals surface area (Å²) in [5, 5.41) is 14.6. The van der Waals surface area contributed by atoms with Gasteiger partial charge in [-0.3, -0.25) is 9.67 Å². The van der Waals surface area contributed by atoms with Crippen LogP contribution in [0, 0.1) is 20.8 Å². The fourth-order valence-electron chi connectivity index (χ4n) is 2.68. The number of aromatic nitrogens is 3. The van der Waals surface area contributed by atoms with Gasteiger partial charge in [0.05, 0.1) is 10.7 Å². The summed E-state index contributed by atoms with van der Waals surface area (Å²) < 4.78 is 2.06. The molecule has 0 spiro atoms. The smallest absolute Gasteiger partial charge is 0.190 e. The first kappa shape index (κ1) is 22.9. The van der Waals surface area contributed by atoms with Crippen LogP contribution >= 0.6 is 35.3 Å². The van der Waals surface area contributed by atoms with Crippen LogP contribution in [0.3, 0.4) is 0 Å². The summed E-state index contributed by atoms with van der Waals surface area (Å²) in [6.07, 6.45) is 4.35. The van der Waals surface area contributed by atoms with E-state index in [-0.39, 0.29) is 24.0 Å². The van der Waals surface area contributed by atoms with Crippen LogP contribution in [-0.4, -0.2) is 40.9 Å². The van der Waals surface area contributed by atoms with Crippen LogP contribution in [0.2, 0.25) is 0 Å². The summed E-state index contributed by atoms with van der Waals surface area (Å²) in [6.45, 7) is 8.92. The second-order valence-electron chi connectivity index (χ2n) is 6.27. The highest BCUT2D eigenvalue weighted by molar-refractivity contribution is 14.0.